The number of nitrogens with one attached hydrogen (secondary N) is 1. The highest BCUT2D eigenvalue weighted by atomic mass is 16.2. The van der Waals surface area contributed by atoms with E-state index in [1.165, 1.54) is 0 Å². The number of amides is 1. The van der Waals surface area contributed by atoms with Crippen LogP contribution in [0.1, 0.15) is 38.3 Å². The van der Waals surface area contributed by atoms with Crippen molar-refractivity contribution in [1.29, 1.82) is 0 Å². The fraction of sp³-hybridized carbons (Fsp3) is 0.250. The van der Waals surface area contributed by atoms with Crippen LogP contribution in [0.2, 0.25) is 0 Å². The summed E-state index contributed by atoms with van der Waals surface area (Å²) in [6.07, 6.45) is 4.92. The number of likely N-dealkylation sites (N-methyl/N-ethyl adjacent to an activating group) is 1. The van der Waals surface area contributed by atoms with Crippen molar-refractivity contribution < 1.29 is 9.59 Å². The van der Waals surface area contributed by atoms with Crippen molar-refractivity contribution >= 4 is 11.7 Å². The molecule has 0 spiro atoms. The van der Waals surface area contributed by atoms with Gasteiger partial charge in [-0.3, -0.25) is 19.6 Å². The van der Waals surface area contributed by atoms with E-state index in [0.717, 1.165) is 12.1 Å². The van der Waals surface area contributed by atoms with Crippen LogP contribution in [0.15, 0.2) is 55.0 Å². The molecule has 0 saturated carbocycles. The number of hydrogen-bond donors (Lipinski definition) is 1. The van der Waals surface area contributed by atoms with Crippen molar-refractivity contribution in [2.75, 3.05) is 26.7 Å². The molecule has 2 aromatic heterocycles. The molecule has 1 aromatic carbocycles. The third kappa shape index (κ3) is 3.54. The fourth-order valence-electron chi connectivity index (χ4n) is 3.31. The topological polar surface area (TPSA) is 95.1 Å². The molecule has 1 aliphatic heterocycles. The first-order valence-electron chi connectivity index (χ1n) is 9.04. The summed E-state index contributed by atoms with van der Waals surface area (Å²) < 4.78 is 0. The smallest absolute Gasteiger partial charge is 0.271 e. The van der Waals surface area contributed by atoms with Crippen molar-refractivity contribution in [3.8, 4) is 0 Å². The van der Waals surface area contributed by atoms with E-state index in [0.29, 0.717) is 24.3 Å². The molecule has 1 unspecified atom stereocenters. The van der Waals surface area contributed by atoms with Crippen molar-refractivity contribution in [3.05, 3.63) is 77.6 Å². The van der Waals surface area contributed by atoms with Gasteiger partial charge in [0.1, 0.15) is 5.69 Å². The van der Waals surface area contributed by atoms with Crippen molar-refractivity contribution in [3.63, 3.8) is 0 Å². The summed E-state index contributed by atoms with van der Waals surface area (Å²) in [5.74, 6) is -0.119. The third-order valence-corrected chi connectivity index (χ3v) is 4.96. The molecule has 3 aromatic rings. The zero-order chi connectivity index (χ0) is 19.5. The molecule has 28 heavy (non-hydrogen) atoms. The molecule has 1 fully saturated rings. The monoisotopic (exact) mass is 376 g/mol. The molecule has 1 N–H and O–H groups in total. The van der Waals surface area contributed by atoms with Gasteiger partial charge < -0.3 is 4.90 Å². The number of benzene rings is 1. The molecule has 0 aliphatic carbocycles. The SMILES string of the molecule is CN1CCN(C(=O)c2ccn[nH]2)CC1c1cnc(C(=O)c2ccccc2)nc1. The number of carbonyl (C=O) groups excluding carboxylic acids is 2. The van der Waals surface area contributed by atoms with Gasteiger partial charge in [0.2, 0.25) is 11.6 Å². The molecule has 0 bridgehead atoms. The Bertz CT molecular complexity index is 956. The van der Waals surface area contributed by atoms with Gasteiger partial charge in [0.25, 0.3) is 5.91 Å². The zero-order valence-corrected chi connectivity index (χ0v) is 15.4. The largest absolute Gasteiger partial charge is 0.334 e. The maximum absolute atomic E-state index is 12.6. The fourth-order valence-corrected chi connectivity index (χ4v) is 3.31. The first-order chi connectivity index (χ1) is 13.6. The normalized spacial score (nSPS) is 17.5. The molecule has 0 radical (unpaired) electrons. The predicted octanol–water partition coefficient (Wildman–Crippen LogP) is 1.56. The van der Waals surface area contributed by atoms with E-state index in [9.17, 15) is 9.59 Å². The van der Waals surface area contributed by atoms with Gasteiger partial charge in [-0.15, -0.1) is 0 Å². The molecule has 142 valence electrons. The number of aromatic amines is 1. The Morgan fingerprint density at radius 1 is 1.07 bits per heavy atom. The van der Waals surface area contributed by atoms with Gasteiger partial charge in [0.15, 0.2) is 0 Å². The van der Waals surface area contributed by atoms with Gasteiger partial charge >= 0.3 is 0 Å². The van der Waals surface area contributed by atoms with Crippen LogP contribution in [0, 0.1) is 0 Å². The lowest BCUT2D eigenvalue weighted by Gasteiger charge is -2.39. The molecule has 4 rings (SSSR count). The third-order valence-electron chi connectivity index (χ3n) is 4.96. The van der Waals surface area contributed by atoms with Crippen LogP contribution in [0.3, 0.4) is 0 Å². The summed E-state index contributed by atoms with van der Waals surface area (Å²) in [6.45, 7) is 1.88. The van der Waals surface area contributed by atoms with Gasteiger partial charge in [-0.1, -0.05) is 30.3 Å². The summed E-state index contributed by atoms with van der Waals surface area (Å²) in [6, 6.07) is 10.6. The summed E-state index contributed by atoms with van der Waals surface area (Å²) in [5, 5.41) is 6.57. The number of carbonyl (C=O) groups is 2. The minimum absolute atomic E-state index is 0.0403. The minimum Gasteiger partial charge on any atom is -0.334 e. The Morgan fingerprint density at radius 3 is 2.50 bits per heavy atom. The highest BCUT2D eigenvalue weighted by Gasteiger charge is 2.30. The highest BCUT2D eigenvalue weighted by Crippen LogP contribution is 2.24. The maximum Gasteiger partial charge on any atom is 0.271 e. The molecule has 1 amide bonds. The van der Waals surface area contributed by atoms with Gasteiger partial charge in [0, 0.05) is 49.4 Å². The molecule has 1 saturated heterocycles. The second-order valence-electron chi connectivity index (χ2n) is 6.75. The second-order valence-corrected chi connectivity index (χ2v) is 6.75. The van der Waals surface area contributed by atoms with Crippen LogP contribution in [-0.2, 0) is 0 Å². The van der Waals surface area contributed by atoms with Crippen molar-refractivity contribution in [2.24, 2.45) is 0 Å². The van der Waals surface area contributed by atoms with Gasteiger partial charge in [-0.2, -0.15) is 5.10 Å². The van der Waals surface area contributed by atoms with Gasteiger partial charge in [0.05, 0.1) is 6.04 Å². The Hall–Kier alpha value is -3.39. The number of hydrogen-bond acceptors (Lipinski definition) is 6. The average Bonchev–Trinajstić information content (AvgIpc) is 3.29. The van der Waals surface area contributed by atoms with Crippen molar-refractivity contribution in [1.82, 2.24) is 30.0 Å². The Kier molecular flexibility index (Phi) is 4.94. The lowest BCUT2D eigenvalue weighted by Crippen LogP contribution is -2.49. The number of piperazine rings is 1. The molecular weight excluding hydrogens is 356 g/mol. The standard InChI is InChI=1S/C20H20N6O2/c1-25-9-10-26(20(28)16-7-8-23-24-16)13-17(25)15-11-21-19(22-12-15)18(27)14-5-3-2-4-6-14/h2-8,11-12,17H,9-10,13H2,1H3,(H,23,24). The van der Waals surface area contributed by atoms with Crippen LogP contribution in [0.4, 0.5) is 0 Å². The van der Waals surface area contributed by atoms with Crippen LogP contribution in [-0.4, -0.2) is 68.3 Å². The predicted molar refractivity (Wildman–Crippen MR) is 102 cm³/mol. The molecule has 3 heterocycles. The molecule has 1 atom stereocenters. The molecule has 8 nitrogen and oxygen atoms in total. The first-order valence-corrected chi connectivity index (χ1v) is 9.04. The van der Waals surface area contributed by atoms with Crippen LogP contribution in [0.5, 0.6) is 0 Å². The lowest BCUT2D eigenvalue weighted by molar-refractivity contribution is 0.0539. The van der Waals surface area contributed by atoms with E-state index in [1.54, 1.807) is 41.7 Å². The highest BCUT2D eigenvalue weighted by molar-refractivity contribution is 6.06. The van der Waals surface area contributed by atoms with E-state index in [-0.39, 0.29) is 23.6 Å². The lowest BCUT2D eigenvalue weighted by atomic mass is 10.1. The molecular formula is C20H20N6O2. The second kappa shape index (κ2) is 7.69. The number of ketones is 1. The van der Waals surface area contributed by atoms with E-state index < -0.39 is 0 Å². The van der Waals surface area contributed by atoms with Crippen LogP contribution >= 0.6 is 0 Å². The first kappa shape index (κ1) is 18.0. The molecule has 8 heteroatoms. The molecule has 1 aliphatic rings. The van der Waals surface area contributed by atoms with Crippen LogP contribution < -0.4 is 0 Å². The van der Waals surface area contributed by atoms with E-state index in [2.05, 4.69) is 25.1 Å². The quantitative estimate of drug-likeness (QED) is 0.695. The summed E-state index contributed by atoms with van der Waals surface area (Å²) >= 11 is 0. The maximum atomic E-state index is 12.6. The minimum atomic E-state index is -0.208. The van der Waals surface area contributed by atoms with E-state index in [1.807, 2.05) is 25.2 Å². The number of H-pyrrole nitrogens is 1. The summed E-state index contributed by atoms with van der Waals surface area (Å²) in [4.78, 5) is 37.6. The number of nitrogens with zero attached hydrogens (tertiary/aromatic N) is 5. The number of rotatable bonds is 4. The Balaban J connectivity index is 1.51. The average molecular weight is 376 g/mol. The van der Waals surface area contributed by atoms with E-state index in [4.69, 9.17) is 0 Å². The van der Waals surface area contributed by atoms with Gasteiger partial charge in [-0.05, 0) is 13.1 Å². The van der Waals surface area contributed by atoms with Crippen molar-refractivity contribution in [2.45, 2.75) is 6.04 Å². The Morgan fingerprint density at radius 2 is 1.82 bits per heavy atom. The van der Waals surface area contributed by atoms with Crippen LogP contribution in [0.25, 0.3) is 0 Å². The summed E-state index contributed by atoms with van der Waals surface area (Å²) in [7, 11) is 2.01. The summed E-state index contributed by atoms with van der Waals surface area (Å²) in [5.41, 5.74) is 1.90. The van der Waals surface area contributed by atoms with Gasteiger partial charge in [-0.25, -0.2) is 9.97 Å². The van der Waals surface area contributed by atoms with E-state index >= 15 is 0 Å². The Labute approximate surface area is 162 Å². The zero-order valence-electron chi connectivity index (χ0n) is 15.4. The number of aromatic nitrogens is 4.